The number of rotatable bonds is 7. The van der Waals surface area contributed by atoms with E-state index in [1.54, 1.807) is 11.3 Å². The summed E-state index contributed by atoms with van der Waals surface area (Å²) in [7, 11) is 0. The highest BCUT2D eigenvalue weighted by Crippen LogP contribution is 2.31. The summed E-state index contributed by atoms with van der Waals surface area (Å²) in [4.78, 5) is 38.3. The topological polar surface area (TPSA) is 129 Å². The quantitative estimate of drug-likeness (QED) is 0.302. The van der Waals surface area contributed by atoms with Crippen LogP contribution >= 0.6 is 11.3 Å². The molecule has 2 aliphatic heterocycles. The number of carboxylic acids is 2. The number of carbonyl (C=O) groups is 3. The van der Waals surface area contributed by atoms with E-state index in [2.05, 4.69) is 51.0 Å². The third-order valence-corrected chi connectivity index (χ3v) is 7.19. The molecule has 0 bridgehead atoms. The fourth-order valence-corrected chi connectivity index (χ4v) is 5.17. The Bertz CT molecular complexity index is 1270. The monoisotopic (exact) mass is 541 g/mol. The van der Waals surface area contributed by atoms with Crippen LogP contribution in [0.3, 0.4) is 0 Å². The highest BCUT2D eigenvalue weighted by Gasteiger charge is 2.18. The van der Waals surface area contributed by atoms with E-state index in [9.17, 15) is 4.79 Å². The second kappa shape index (κ2) is 13.2. The standard InChI is InChI=1S/C25H29N3O3S.C2H2O4/c29-25-9-7-19-6-8-20(18-22(19)26-25)30-15-2-1-11-27-12-13-28(31-16-14-27)23-4-3-5-24-21(23)10-17-32-24;3-1(4)2(5)6/h3-6,8,10,17-18H,1-2,7,9,11-16H2,(H,26,29);(H,3,4)(H,5,6). The van der Waals surface area contributed by atoms with E-state index < -0.39 is 11.9 Å². The zero-order valence-corrected chi connectivity index (χ0v) is 21.7. The molecule has 3 aromatic rings. The lowest BCUT2D eigenvalue weighted by Crippen LogP contribution is -2.31. The second-order valence-electron chi connectivity index (χ2n) is 8.92. The molecule has 1 fully saturated rings. The predicted molar refractivity (Wildman–Crippen MR) is 145 cm³/mol. The second-order valence-corrected chi connectivity index (χ2v) is 9.87. The van der Waals surface area contributed by atoms with Crippen molar-refractivity contribution in [2.45, 2.75) is 25.7 Å². The summed E-state index contributed by atoms with van der Waals surface area (Å²) in [6.45, 7) is 5.24. The molecule has 1 saturated heterocycles. The molecule has 0 spiro atoms. The van der Waals surface area contributed by atoms with Crippen LogP contribution in [-0.2, 0) is 25.6 Å². The average Bonchev–Trinajstić information content (AvgIpc) is 3.27. The van der Waals surface area contributed by atoms with Gasteiger partial charge in [-0.1, -0.05) is 12.1 Å². The molecule has 10 nitrogen and oxygen atoms in total. The number of thiophene rings is 1. The van der Waals surface area contributed by atoms with E-state index in [1.165, 1.54) is 21.3 Å². The number of hydrogen-bond acceptors (Lipinski definition) is 8. The van der Waals surface area contributed by atoms with Gasteiger partial charge in [0.25, 0.3) is 0 Å². The number of hydrogen-bond donors (Lipinski definition) is 3. The number of unbranched alkanes of at least 4 members (excludes halogenated alkanes) is 1. The van der Waals surface area contributed by atoms with Gasteiger partial charge in [-0.3, -0.25) is 19.6 Å². The third-order valence-electron chi connectivity index (χ3n) is 6.31. The minimum atomic E-state index is -1.82. The number of nitrogens with zero attached hydrogens (tertiary/aromatic N) is 2. The highest BCUT2D eigenvalue weighted by atomic mass is 32.1. The van der Waals surface area contributed by atoms with E-state index in [1.807, 2.05) is 12.1 Å². The first-order valence-electron chi connectivity index (χ1n) is 12.5. The average molecular weight is 542 g/mol. The number of benzene rings is 2. The number of aryl methyl sites for hydroxylation is 1. The first-order chi connectivity index (χ1) is 18.4. The van der Waals surface area contributed by atoms with E-state index in [0.29, 0.717) is 19.6 Å². The van der Waals surface area contributed by atoms with Crippen molar-refractivity contribution in [2.24, 2.45) is 0 Å². The highest BCUT2D eigenvalue weighted by molar-refractivity contribution is 7.17. The summed E-state index contributed by atoms with van der Waals surface area (Å²) in [6.07, 6.45) is 3.46. The molecule has 1 amide bonds. The van der Waals surface area contributed by atoms with Crippen LogP contribution in [-0.4, -0.2) is 72.4 Å². The number of amides is 1. The molecule has 0 saturated carbocycles. The van der Waals surface area contributed by atoms with Gasteiger partial charge in [-0.05, 0) is 61.0 Å². The Kier molecular flexibility index (Phi) is 9.52. The maximum absolute atomic E-state index is 11.6. The summed E-state index contributed by atoms with van der Waals surface area (Å²) in [5.41, 5.74) is 3.25. The van der Waals surface area contributed by atoms with Gasteiger partial charge in [-0.2, -0.15) is 0 Å². The lowest BCUT2D eigenvalue weighted by atomic mass is 10.0. The van der Waals surface area contributed by atoms with Crippen LogP contribution in [0, 0.1) is 0 Å². The molecule has 2 aromatic carbocycles. The Morgan fingerprint density at radius 2 is 1.87 bits per heavy atom. The number of carbonyl (C=O) groups excluding carboxylic acids is 1. The van der Waals surface area contributed by atoms with Crippen molar-refractivity contribution in [1.82, 2.24) is 4.90 Å². The molecule has 38 heavy (non-hydrogen) atoms. The molecule has 202 valence electrons. The molecule has 0 unspecified atom stereocenters. The van der Waals surface area contributed by atoms with Gasteiger partial charge in [0.15, 0.2) is 0 Å². The van der Waals surface area contributed by atoms with Crippen LogP contribution in [0.15, 0.2) is 47.8 Å². The van der Waals surface area contributed by atoms with E-state index in [4.69, 9.17) is 29.4 Å². The Balaban J connectivity index is 0.000000505. The van der Waals surface area contributed by atoms with Gasteiger partial charge in [0, 0.05) is 41.4 Å². The van der Waals surface area contributed by atoms with Gasteiger partial charge in [0.2, 0.25) is 5.91 Å². The normalized spacial score (nSPS) is 15.6. The Hall–Kier alpha value is -3.67. The molecule has 0 radical (unpaired) electrons. The molecule has 3 N–H and O–H groups in total. The number of aliphatic carboxylic acids is 2. The van der Waals surface area contributed by atoms with Gasteiger partial charge in [-0.25, -0.2) is 9.59 Å². The predicted octanol–water partition coefficient (Wildman–Crippen LogP) is 3.85. The first kappa shape index (κ1) is 27.4. The number of nitrogens with one attached hydrogen (secondary N) is 1. The van der Waals surface area contributed by atoms with Crippen molar-refractivity contribution in [3.63, 3.8) is 0 Å². The maximum atomic E-state index is 11.6. The minimum absolute atomic E-state index is 0.0849. The molecule has 1 aromatic heterocycles. The Morgan fingerprint density at radius 3 is 2.68 bits per heavy atom. The van der Waals surface area contributed by atoms with Crippen molar-refractivity contribution in [3.05, 3.63) is 53.4 Å². The molecule has 5 rings (SSSR count). The number of ether oxygens (including phenoxy) is 1. The summed E-state index contributed by atoms with van der Waals surface area (Å²) < 4.78 is 7.23. The molecule has 2 aliphatic rings. The van der Waals surface area contributed by atoms with Crippen LogP contribution in [0.4, 0.5) is 11.4 Å². The van der Waals surface area contributed by atoms with Gasteiger partial charge >= 0.3 is 11.9 Å². The number of hydroxylamine groups is 1. The summed E-state index contributed by atoms with van der Waals surface area (Å²) in [5, 5.41) is 23.2. The lowest BCUT2D eigenvalue weighted by Gasteiger charge is -2.23. The number of anilines is 2. The Morgan fingerprint density at radius 1 is 1.03 bits per heavy atom. The largest absolute Gasteiger partial charge is 0.494 e. The fraction of sp³-hybridized carbons (Fsp3) is 0.370. The minimum Gasteiger partial charge on any atom is -0.494 e. The van der Waals surface area contributed by atoms with Crippen molar-refractivity contribution in [2.75, 3.05) is 49.8 Å². The van der Waals surface area contributed by atoms with Gasteiger partial charge in [0.05, 0.1) is 25.4 Å². The summed E-state index contributed by atoms with van der Waals surface area (Å²) >= 11 is 1.77. The van der Waals surface area contributed by atoms with Crippen LogP contribution in [0.5, 0.6) is 5.75 Å². The zero-order chi connectivity index (χ0) is 26.9. The number of carboxylic acid groups (broad SMARTS) is 2. The smallest absolute Gasteiger partial charge is 0.414 e. The van der Waals surface area contributed by atoms with E-state index >= 15 is 0 Å². The molecular formula is C27H31N3O7S. The SMILES string of the molecule is O=C(O)C(=O)O.O=C1CCc2ccc(OCCCCN3CCON(c4cccc5sccc45)CC3)cc2N1. The fourth-order valence-electron chi connectivity index (χ4n) is 4.37. The molecule has 0 aliphatic carbocycles. The van der Waals surface area contributed by atoms with E-state index in [-0.39, 0.29) is 5.91 Å². The Labute approximate surface area is 224 Å². The van der Waals surface area contributed by atoms with Crippen molar-refractivity contribution in [3.8, 4) is 5.75 Å². The molecule has 0 atom stereocenters. The van der Waals surface area contributed by atoms with Gasteiger partial charge in [-0.15, -0.1) is 11.3 Å². The van der Waals surface area contributed by atoms with Crippen LogP contribution in [0.2, 0.25) is 0 Å². The molecule has 3 heterocycles. The maximum Gasteiger partial charge on any atom is 0.414 e. The number of fused-ring (bicyclic) bond motifs is 2. The molecular weight excluding hydrogens is 510 g/mol. The van der Waals surface area contributed by atoms with Crippen molar-refractivity contribution >= 4 is 50.6 Å². The van der Waals surface area contributed by atoms with Gasteiger partial charge < -0.3 is 20.3 Å². The summed E-state index contributed by atoms with van der Waals surface area (Å²) in [5.74, 6) is -2.74. The van der Waals surface area contributed by atoms with Crippen LogP contribution in [0.25, 0.3) is 10.1 Å². The first-order valence-corrected chi connectivity index (χ1v) is 13.4. The molecule has 11 heteroatoms. The van der Waals surface area contributed by atoms with Crippen LogP contribution in [0.1, 0.15) is 24.8 Å². The van der Waals surface area contributed by atoms with Crippen molar-refractivity contribution < 1.29 is 34.2 Å². The van der Waals surface area contributed by atoms with Crippen LogP contribution < -0.4 is 15.1 Å². The van der Waals surface area contributed by atoms with Crippen molar-refractivity contribution in [1.29, 1.82) is 0 Å². The van der Waals surface area contributed by atoms with Gasteiger partial charge in [0.1, 0.15) is 5.75 Å². The lowest BCUT2D eigenvalue weighted by molar-refractivity contribution is -0.159. The third kappa shape index (κ3) is 7.44. The summed E-state index contributed by atoms with van der Waals surface area (Å²) in [6, 6.07) is 14.6. The zero-order valence-electron chi connectivity index (χ0n) is 20.9. The van der Waals surface area contributed by atoms with E-state index in [0.717, 1.165) is 56.9 Å².